The van der Waals surface area contributed by atoms with Gasteiger partial charge in [0.2, 0.25) is 35.4 Å². The van der Waals surface area contributed by atoms with Gasteiger partial charge in [0.15, 0.2) is 0 Å². The Bertz CT molecular complexity index is 2900. The van der Waals surface area contributed by atoms with Crippen LogP contribution >= 0.6 is 0 Å². The first kappa shape index (κ1) is 42.5. The lowest BCUT2D eigenvalue weighted by atomic mass is 10.1. The van der Waals surface area contributed by atoms with E-state index < -0.39 is 17.7 Å². The van der Waals surface area contributed by atoms with Gasteiger partial charge in [-0.3, -0.25) is 20.4 Å². The van der Waals surface area contributed by atoms with E-state index in [2.05, 4.69) is 70.0 Å². The molecule has 3 atom stereocenters. The second-order valence-corrected chi connectivity index (χ2v) is 16.6. The van der Waals surface area contributed by atoms with Crippen molar-refractivity contribution in [2.75, 3.05) is 56.6 Å². The van der Waals surface area contributed by atoms with Crippen LogP contribution in [0.4, 0.5) is 15.8 Å². The first-order valence-electron chi connectivity index (χ1n) is 21.9. The molecule has 2 aromatic heterocycles. The highest BCUT2D eigenvalue weighted by Gasteiger charge is 2.40. The monoisotopic (exact) mass is 890 g/mol. The molecule has 4 aliphatic rings. The number of ether oxygens (including phenoxy) is 2. The summed E-state index contributed by atoms with van der Waals surface area (Å²) in [5.41, 5.74) is 13.6. The number of morpholine rings is 2. The van der Waals surface area contributed by atoms with Crippen LogP contribution in [0.1, 0.15) is 42.3 Å². The molecule has 0 amide bonds. The zero-order valence-electron chi connectivity index (χ0n) is 36.8. The van der Waals surface area contributed by atoms with Gasteiger partial charge in [-0.1, -0.05) is 54.1 Å². The number of halogens is 1. The number of hydrogen-bond acceptors (Lipinski definition) is 16. The summed E-state index contributed by atoms with van der Waals surface area (Å²) >= 11 is 0. The summed E-state index contributed by atoms with van der Waals surface area (Å²) in [4.78, 5) is 31.4. The highest BCUT2D eigenvalue weighted by molar-refractivity contribution is 6.08. The minimum absolute atomic E-state index is 0.336. The van der Waals surface area contributed by atoms with E-state index in [0.717, 1.165) is 49.9 Å². The molecule has 3 unspecified atom stereocenters. The Morgan fingerprint density at radius 2 is 1.26 bits per heavy atom. The number of hydrogen-bond donors (Lipinski definition) is 8. The van der Waals surface area contributed by atoms with Crippen LogP contribution in [0.25, 0.3) is 21.8 Å². The third kappa shape index (κ3) is 9.22. The first-order chi connectivity index (χ1) is 32.2. The van der Waals surface area contributed by atoms with Crippen LogP contribution in [-0.4, -0.2) is 114 Å². The number of anilines is 2. The first-order valence-corrected chi connectivity index (χ1v) is 21.9. The van der Waals surface area contributed by atoms with Gasteiger partial charge in [0.05, 0.1) is 37.9 Å². The van der Waals surface area contributed by atoms with Gasteiger partial charge >= 0.3 is 0 Å². The van der Waals surface area contributed by atoms with Gasteiger partial charge in [0, 0.05) is 76.7 Å². The third-order valence-electron chi connectivity index (χ3n) is 11.9. The molecule has 10 rings (SSSR count). The molecule has 6 heterocycles. The van der Waals surface area contributed by atoms with Gasteiger partial charge in [-0.25, -0.2) is 35.2 Å². The van der Waals surface area contributed by atoms with E-state index in [1.807, 2.05) is 86.8 Å². The van der Waals surface area contributed by atoms with Gasteiger partial charge in [0.25, 0.3) is 0 Å². The Hall–Kier alpha value is -7.45. The molecule has 19 heteroatoms. The number of nitrogens with zero attached hydrogens (tertiary/aromatic N) is 8. The summed E-state index contributed by atoms with van der Waals surface area (Å²) < 4.78 is 26.1. The summed E-state index contributed by atoms with van der Waals surface area (Å²) in [7, 11) is 0. The SMILES string of the molecule is Cc1ccc(NC2=NC(C)(N3CCOCC3)N=C(N/N=C/c3c(C4CN(C5(C)N=C(N/N=C/c6c[nH]c7ccccc67)NC(Nc6ccc(F)cc6)=N5)CCO4)[nH]c4ccccc34)N2)cc1. The van der Waals surface area contributed by atoms with Crippen molar-refractivity contribution < 1.29 is 13.9 Å². The fourth-order valence-corrected chi connectivity index (χ4v) is 8.48. The zero-order valence-corrected chi connectivity index (χ0v) is 36.8. The van der Waals surface area contributed by atoms with Crippen LogP contribution < -0.4 is 32.1 Å². The van der Waals surface area contributed by atoms with Crippen molar-refractivity contribution in [2.24, 2.45) is 30.2 Å². The molecule has 4 aliphatic heterocycles. The smallest absolute Gasteiger partial charge is 0.222 e. The molecule has 0 saturated carbocycles. The van der Waals surface area contributed by atoms with Crippen LogP contribution in [0.5, 0.6) is 0 Å². The fourth-order valence-electron chi connectivity index (χ4n) is 8.48. The number of H-pyrrole nitrogens is 2. The van der Waals surface area contributed by atoms with E-state index in [0.29, 0.717) is 75.5 Å². The van der Waals surface area contributed by atoms with Crippen molar-refractivity contribution in [3.8, 4) is 0 Å². The molecule has 0 bridgehead atoms. The summed E-state index contributed by atoms with van der Waals surface area (Å²) in [6, 6.07) is 30.3. The molecular formula is C47H51FN16O2. The van der Waals surface area contributed by atoms with Crippen LogP contribution in [0.2, 0.25) is 0 Å². The normalized spacial score (nSPS) is 22.9. The molecule has 0 radical (unpaired) electrons. The molecule has 8 N–H and O–H groups in total. The molecule has 338 valence electrons. The zero-order chi connectivity index (χ0) is 45.1. The van der Waals surface area contributed by atoms with E-state index in [1.165, 1.54) is 12.1 Å². The second-order valence-electron chi connectivity index (χ2n) is 16.6. The number of aromatic amines is 2. The average molecular weight is 891 g/mol. The van der Waals surface area contributed by atoms with Crippen molar-refractivity contribution in [3.05, 3.63) is 131 Å². The number of aryl methyl sites for hydroxylation is 1. The largest absolute Gasteiger partial charge is 0.379 e. The predicted molar refractivity (Wildman–Crippen MR) is 258 cm³/mol. The molecule has 4 aromatic carbocycles. The van der Waals surface area contributed by atoms with Crippen molar-refractivity contribution in [3.63, 3.8) is 0 Å². The van der Waals surface area contributed by atoms with E-state index >= 15 is 0 Å². The van der Waals surface area contributed by atoms with E-state index in [-0.39, 0.29) is 5.82 Å². The highest BCUT2D eigenvalue weighted by atomic mass is 19.1. The maximum Gasteiger partial charge on any atom is 0.222 e. The molecule has 2 saturated heterocycles. The average Bonchev–Trinajstić information content (AvgIpc) is 3.92. The van der Waals surface area contributed by atoms with Crippen LogP contribution in [0, 0.1) is 12.7 Å². The minimum Gasteiger partial charge on any atom is -0.379 e. The predicted octanol–water partition coefficient (Wildman–Crippen LogP) is 5.55. The summed E-state index contributed by atoms with van der Waals surface area (Å²) in [6.07, 6.45) is 5.03. The molecular weight excluding hydrogens is 840 g/mol. The van der Waals surface area contributed by atoms with Gasteiger partial charge < -0.3 is 30.1 Å². The number of benzene rings is 4. The highest BCUT2D eigenvalue weighted by Crippen LogP contribution is 2.34. The van der Waals surface area contributed by atoms with Crippen LogP contribution in [-0.2, 0) is 9.47 Å². The van der Waals surface area contributed by atoms with Crippen molar-refractivity contribution in [1.29, 1.82) is 0 Å². The van der Waals surface area contributed by atoms with Crippen molar-refractivity contribution in [2.45, 2.75) is 38.4 Å². The number of rotatable bonds is 9. The molecule has 18 nitrogen and oxygen atoms in total. The Morgan fingerprint density at radius 3 is 1.95 bits per heavy atom. The number of aromatic nitrogens is 2. The summed E-state index contributed by atoms with van der Waals surface area (Å²) in [5.74, 6) is -0.613. The quantitative estimate of drug-likeness (QED) is 0.0672. The van der Waals surface area contributed by atoms with E-state index in [4.69, 9.17) is 34.5 Å². The number of para-hydroxylation sites is 2. The molecule has 0 aliphatic carbocycles. The van der Waals surface area contributed by atoms with Crippen LogP contribution in [0.15, 0.2) is 133 Å². The van der Waals surface area contributed by atoms with E-state index in [9.17, 15) is 4.39 Å². The Morgan fingerprint density at radius 1 is 0.682 bits per heavy atom. The maximum absolute atomic E-state index is 13.9. The third-order valence-corrected chi connectivity index (χ3v) is 11.9. The molecule has 0 spiro atoms. The lowest BCUT2D eigenvalue weighted by Gasteiger charge is -2.42. The molecule has 66 heavy (non-hydrogen) atoms. The second kappa shape index (κ2) is 18.2. The number of aliphatic imine (C=N–C) groups is 4. The van der Waals surface area contributed by atoms with Crippen molar-refractivity contribution >= 4 is 69.4 Å². The van der Waals surface area contributed by atoms with Gasteiger partial charge in [-0.2, -0.15) is 10.2 Å². The Labute approximate surface area is 380 Å². The van der Waals surface area contributed by atoms with Gasteiger partial charge in [-0.05, 0) is 69.3 Å². The van der Waals surface area contributed by atoms with Crippen LogP contribution in [0.3, 0.4) is 0 Å². The van der Waals surface area contributed by atoms with Crippen molar-refractivity contribution in [1.82, 2.24) is 41.3 Å². The topological polar surface area (TPSA) is 203 Å². The Kier molecular flexibility index (Phi) is 11.7. The number of nitrogens with one attached hydrogen (secondary N) is 8. The molecule has 6 aromatic rings. The van der Waals surface area contributed by atoms with E-state index in [1.54, 1.807) is 24.6 Å². The molecule has 2 fully saturated rings. The lowest BCUT2D eigenvalue weighted by molar-refractivity contribution is -0.0658. The number of fused-ring (bicyclic) bond motifs is 2. The lowest BCUT2D eigenvalue weighted by Crippen LogP contribution is -2.57. The van der Waals surface area contributed by atoms with Gasteiger partial charge in [0.1, 0.15) is 11.9 Å². The maximum atomic E-state index is 13.9. The summed E-state index contributed by atoms with van der Waals surface area (Å²) in [6.45, 7) is 9.92. The summed E-state index contributed by atoms with van der Waals surface area (Å²) in [5, 5.41) is 24.6. The number of hydrazone groups is 2. The Balaban J connectivity index is 0.912. The minimum atomic E-state index is -1.11. The number of guanidine groups is 4. The fraction of sp³-hybridized carbons (Fsp3) is 0.277. The standard InChI is InChI=1S/C47H51FN16O2/c1-30-12-16-33(17-13-30)52-42-55-44(59-46(2,57-42)63-20-23-65-24-21-63)62-51-28-37-36-9-5-7-11-39(36)54-41(37)40-29-64(22-25-66-40)47(3)58-43(53-34-18-14-32(48)15-19-34)56-45(60-47)61-50-27-31-26-49-38-10-6-4-8-35(31)38/h4-19,26-28,40,49,54H,20-25,29H2,1-3H3,(H3,52,55,57,59,62)(H3,53,56,58,60,61)/b50-27+,51-28+. The van der Waals surface area contributed by atoms with Gasteiger partial charge in [-0.15, -0.1) is 0 Å².